The van der Waals surface area contributed by atoms with Crippen molar-refractivity contribution in [3.05, 3.63) is 24.2 Å². The number of nitrogens with one attached hydrogen (secondary N) is 2. The van der Waals surface area contributed by atoms with Crippen molar-refractivity contribution in [3.8, 4) is 0 Å². The molecule has 1 aromatic rings. The van der Waals surface area contributed by atoms with Gasteiger partial charge in [0.15, 0.2) is 5.11 Å². The van der Waals surface area contributed by atoms with Gasteiger partial charge in [0.05, 0.1) is 12.8 Å². The molecule has 1 fully saturated rings. The molecular weight excluding hydrogens is 248 g/mol. The predicted molar refractivity (Wildman–Crippen MR) is 72.9 cm³/mol. The molecule has 0 unspecified atom stereocenters. The number of furan rings is 1. The van der Waals surface area contributed by atoms with E-state index >= 15 is 0 Å². The Hall–Kier alpha value is -1.36. The zero-order chi connectivity index (χ0) is 12.8. The molecule has 1 saturated carbocycles. The van der Waals surface area contributed by atoms with Gasteiger partial charge in [0, 0.05) is 6.42 Å². The van der Waals surface area contributed by atoms with Crippen LogP contribution in [0.4, 0.5) is 0 Å². The summed E-state index contributed by atoms with van der Waals surface area (Å²) >= 11 is 5.06. The number of rotatable bonds is 4. The van der Waals surface area contributed by atoms with E-state index in [0.717, 1.165) is 5.76 Å². The van der Waals surface area contributed by atoms with E-state index in [0.29, 0.717) is 24.0 Å². The SMILES string of the molecule is O=C(CC1CCCC1)NC(=S)NCc1ccco1. The monoisotopic (exact) mass is 266 g/mol. The van der Waals surface area contributed by atoms with Crippen LogP contribution >= 0.6 is 12.2 Å². The molecule has 18 heavy (non-hydrogen) atoms. The van der Waals surface area contributed by atoms with E-state index in [2.05, 4.69) is 10.6 Å². The lowest BCUT2D eigenvalue weighted by Crippen LogP contribution is -2.39. The van der Waals surface area contributed by atoms with Crippen LogP contribution in [0.3, 0.4) is 0 Å². The molecule has 0 radical (unpaired) electrons. The Morgan fingerprint density at radius 2 is 2.22 bits per heavy atom. The molecule has 1 aliphatic carbocycles. The first-order valence-corrected chi connectivity index (χ1v) is 6.75. The summed E-state index contributed by atoms with van der Waals surface area (Å²) in [5.41, 5.74) is 0. The first-order chi connectivity index (χ1) is 8.74. The highest BCUT2D eigenvalue weighted by atomic mass is 32.1. The molecular formula is C13H18N2O2S. The Bertz CT molecular complexity index is 397. The maximum atomic E-state index is 11.7. The van der Waals surface area contributed by atoms with E-state index < -0.39 is 0 Å². The third kappa shape index (κ3) is 4.14. The van der Waals surface area contributed by atoms with Gasteiger partial charge in [-0.25, -0.2) is 0 Å². The second-order valence-corrected chi connectivity index (χ2v) is 5.07. The third-order valence-corrected chi connectivity index (χ3v) is 3.45. The van der Waals surface area contributed by atoms with Crippen LogP contribution in [-0.4, -0.2) is 11.0 Å². The maximum Gasteiger partial charge on any atom is 0.226 e. The highest BCUT2D eigenvalue weighted by Crippen LogP contribution is 2.27. The van der Waals surface area contributed by atoms with Crippen molar-refractivity contribution >= 4 is 23.2 Å². The summed E-state index contributed by atoms with van der Waals surface area (Å²) in [6.07, 6.45) is 7.03. The molecule has 0 spiro atoms. The van der Waals surface area contributed by atoms with Crippen LogP contribution in [0.2, 0.25) is 0 Å². The first kappa shape index (κ1) is 13.1. The fourth-order valence-corrected chi connectivity index (χ4v) is 2.47. The topological polar surface area (TPSA) is 54.3 Å². The van der Waals surface area contributed by atoms with Crippen LogP contribution in [0.5, 0.6) is 0 Å². The Kier molecular flexibility index (Phi) is 4.75. The van der Waals surface area contributed by atoms with Gasteiger partial charge < -0.3 is 15.1 Å². The summed E-state index contributed by atoms with van der Waals surface area (Å²) < 4.78 is 5.16. The van der Waals surface area contributed by atoms with Crippen LogP contribution in [0, 0.1) is 5.92 Å². The minimum atomic E-state index is 0.0128. The summed E-state index contributed by atoms with van der Waals surface area (Å²) in [6, 6.07) is 3.68. The van der Waals surface area contributed by atoms with E-state index in [9.17, 15) is 4.79 Å². The lowest BCUT2D eigenvalue weighted by Gasteiger charge is -2.11. The van der Waals surface area contributed by atoms with Crippen LogP contribution in [0.1, 0.15) is 37.9 Å². The Labute approximate surface area is 112 Å². The fraction of sp³-hybridized carbons (Fsp3) is 0.538. The second-order valence-electron chi connectivity index (χ2n) is 4.66. The summed E-state index contributed by atoms with van der Waals surface area (Å²) in [7, 11) is 0. The molecule has 1 amide bonds. The van der Waals surface area contributed by atoms with E-state index in [1.165, 1.54) is 25.7 Å². The number of thiocarbonyl (C=S) groups is 1. The minimum absolute atomic E-state index is 0.0128. The molecule has 0 atom stereocenters. The molecule has 0 aliphatic heterocycles. The average Bonchev–Trinajstić information content (AvgIpc) is 2.98. The molecule has 1 heterocycles. The van der Waals surface area contributed by atoms with Gasteiger partial charge in [0.1, 0.15) is 5.76 Å². The van der Waals surface area contributed by atoms with Gasteiger partial charge in [-0.05, 0) is 43.1 Å². The average molecular weight is 266 g/mol. The van der Waals surface area contributed by atoms with Crippen LogP contribution < -0.4 is 10.6 Å². The molecule has 1 aliphatic rings. The molecule has 2 N–H and O–H groups in total. The number of amides is 1. The number of hydrogen-bond donors (Lipinski definition) is 2. The van der Waals surface area contributed by atoms with Crippen molar-refractivity contribution in [3.63, 3.8) is 0 Å². The maximum absolute atomic E-state index is 11.7. The number of hydrogen-bond acceptors (Lipinski definition) is 3. The largest absolute Gasteiger partial charge is 0.467 e. The van der Waals surface area contributed by atoms with Crippen molar-refractivity contribution in [2.75, 3.05) is 0 Å². The van der Waals surface area contributed by atoms with Crippen molar-refractivity contribution in [1.29, 1.82) is 0 Å². The standard InChI is InChI=1S/C13H18N2O2S/c16-12(8-10-4-1-2-5-10)15-13(18)14-9-11-6-3-7-17-11/h3,6-7,10H,1-2,4-5,8-9H2,(H2,14,15,16,18). The molecule has 2 rings (SSSR count). The zero-order valence-corrected chi connectivity index (χ0v) is 11.1. The molecule has 5 heteroatoms. The van der Waals surface area contributed by atoms with Crippen molar-refractivity contribution < 1.29 is 9.21 Å². The van der Waals surface area contributed by atoms with Gasteiger partial charge in [0.2, 0.25) is 5.91 Å². The summed E-state index contributed by atoms with van der Waals surface area (Å²) in [6.45, 7) is 0.496. The van der Waals surface area contributed by atoms with E-state index in [1.807, 2.05) is 12.1 Å². The van der Waals surface area contributed by atoms with Gasteiger partial charge in [-0.2, -0.15) is 0 Å². The van der Waals surface area contributed by atoms with Crippen LogP contribution in [-0.2, 0) is 11.3 Å². The van der Waals surface area contributed by atoms with Gasteiger partial charge >= 0.3 is 0 Å². The van der Waals surface area contributed by atoms with Crippen molar-refractivity contribution in [1.82, 2.24) is 10.6 Å². The molecule has 0 bridgehead atoms. The second kappa shape index (κ2) is 6.54. The number of carbonyl (C=O) groups excluding carboxylic acids is 1. The summed E-state index contributed by atoms with van der Waals surface area (Å²) in [4.78, 5) is 11.7. The molecule has 0 saturated heterocycles. The van der Waals surface area contributed by atoms with E-state index in [1.54, 1.807) is 6.26 Å². The van der Waals surface area contributed by atoms with Gasteiger partial charge in [-0.3, -0.25) is 4.79 Å². The fourth-order valence-electron chi connectivity index (χ4n) is 2.28. The summed E-state index contributed by atoms with van der Waals surface area (Å²) in [5.74, 6) is 1.35. The molecule has 98 valence electrons. The zero-order valence-electron chi connectivity index (χ0n) is 10.3. The Balaban J connectivity index is 1.65. The van der Waals surface area contributed by atoms with Crippen LogP contribution in [0.25, 0.3) is 0 Å². The van der Waals surface area contributed by atoms with Crippen LogP contribution in [0.15, 0.2) is 22.8 Å². The predicted octanol–water partition coefficient (Wildman–Crippen LogP) is 2.35. The van der Waals surface area contributed by atoms with Crippen molar-refractivity contribution in [2.24, 2.45) is 5.92 Å². The lowest BCUT2D eigenvalue weighted by atomic mass is 10.0. The lowest BCUT2D eigenvalue weighted by molar-refractivity contribution is -0.120. The van der Waals surface area contributed by atoms with E-state index in [-0.39, 0.29) is 5.91 Å². The van der Waals surface area contributed by atoms with Gasteiger partial charge in [-0.15, -0.1) is 0 Å². The Morgan fingerprint density at radius 1 is 1.44 bits per heavy atom. The first-order valence-electron chi connectivity index (χ1n) is 6.34. The van der Waals surface area contributed by atoms with Gasteiger partial charge in [-0.1, -0.05) is 12.8 Å². The normalized spacial score (nSPS) is 15.6. The third-order valence-electron chi connectivity index (χ3n) is 3.21. The molecule has 0 aromatic carbocycles. The number of carbonyl (C=O) groups is 1. The molecule has 4 nitrogen and oxygen atoms in total. The Morgan fingerprint density at radius 3 is 2.89 bits per heavy atom. The highest BCUT2D eigenvalue weighted by Gasteiger charge is 2.18. The van der Waals surface area contributed by atoms with Gasteiger partial charge in [0.25, 0.3) is 0 Å². The van der Waals surface area contributed by atoms with E-state index in [4.69, 9.17) is 16.6 Å². The molecule has 1 aromatic heterocycles. The van der Waals surface area contributed by atoms with Crippen molar-refractivity contribution in [2.45, 2.75) is 38.6 Å². The quantitative estimate of drug-likeness (QED) is 0.821. The minimum Gasteiger partial charge on any atom is -0.467 e. The smallest absolute Gasteiger partial charge is 0.226 e. The summed E-state index contributed by atoms with van der Waals surface area (Å²) in [5, 5.41) is 6.03. The highest BCUT2D eigenvalue weighted by molar-refractivity contribution is 7.80.